The smallest absolute Gasteiger partial charge is 0.172 e. The Kier molecular flexibility index (Phi) is 2.71. The van der Waals surface area contributed by atoms with E-state index in [1.807, 2.05) is 0 Å². The molecule has 0 aliphatic heterocycles. The van der Waals surface area contributed by atoms with Crippen LogP contribution in [0.4, 0.5) is 4.39 Å². The first-order valence-electron chi connectivity index (χ1n) is 5.05. The zero-order chi connectivity index (χ0) is 12.6. The highest BCUT2D eigenvalue weighted by atomic mass is 19.1. The average molecular weight is 234 g/mol. The van der Waals surface area contributed by atoms with Crippen molar-refractivity contribution in [2.75, 3.05) is 7.11 Å². The van der Waals surface area contributed by atoms with Gasteiger partial charge in [0.25, 0.3) is 0 Å². The third-order valence-corrected chi connectivity index (χ3v) is 2.65. The minimum absolute atomic E-state index is 0.109. The molecule has 0 bridgehead atoms. The van der Waals surface area contributed by atoms with Crippen molar-refractivity contribution in [1.29, 1.82) is 0 Å². The number of fused-ring (bicyclic) bond motifs is 1. The van der Waals surface area contributed by atoms with E-state index in [1.54, 1.807) is 6.07 Å². The summed E-state index contributed by atoms with van der Waals surface area (Å²) in [6, 6.07) is 5.73. The van der Waals surface area contributed by atoms with Gasteiger partial charge in [-0.3, -0.25) is 4.79 Å². The van der Waals surface area contributed by atoms with E-state index in [2.05, 4.69) is 0 Å². The van der Waals surface area contributed by atoms with Crippen LogP contribution in [-0.4, -0.2) is 18.0 Å². The first kappa shape index (κ1) is 11.4. The number of rotatable bonds is 2. The molecule has 3 nitrogen and oxygen atoms in total. The summed E-state index contributed by atoms with van der Waals surface area (Å²) in [6.45, 7) is 1.33. The number of phenolic OH excluding ortho intramolecular Hbond substituents is 1. The van der Waals surface area contributed by atoms with Gasteiger partial charge in [0.15, 0.2) is 17.3 Å². The number of carbonyl (C=O) groups excluding carboxylic acids is 1. The van der Waals surface area contributed by atoms with Gasteiger partial charge in [0.1, 0.15) is 5.75 Å². The zero-order valence-corrected chi connectivity index (χ0v) is 9.45. The molecule has 88 valence electrons. The Morgan fingerprint density at radius 1 is 1.24 bits per heavy atom. The fourth-order valence-electron chi connectivity index (χ4n) is 1.87. The Morgan fingerprint density at radius 2 is 1.88 bits per heavy atom. The number of carbonyl (C=O) groups is 1. The van der Waals surface area contributed by atoms with E-state index in [1.165, 1.54) is 32.2 Å². The van der Waals surface area contributed by atoms with Crippen molar-refractivity contribution >= 4 is 16.6 Å². The van der Waals surface area contributed by atoms with Gasteiger partial charge in [-0.1, -0.05) is 0 Å². The van der Waals surface area contributed by atoms with Gasteiger partial charge in [0.05, 0.1) is 12.7 Å². The second-order valence-electron chi connectivity index (χ2n) is 3.69. The lowest BCUT2D eigenvalue weighted by molar-refractivity contribution is 0.101. The van der Waals surface area contributed by atoms with E-state index in [-0.39, 0.29) is 28.2 Å². The van der Waals surface area contributed by atoms with Crippen LogP contribution in [0.3, 0.4) is 0 Å². The lowest BCUT2D eigenvalue weighted by Crippen LogP contribution is -1.97. The Bertz CT molecular complexity index is 605. The van der Waals surface area contributed by atoms with E-state index < -0.39 is 5.82 Å². The number of ether oxygens (including phenoxy) is 1. The SMILES string of the molecule is COc1ccc2c(C(C)=O)c(O)ccc2c1F. The molecule has 2 aromatic rings. The number of hydrogen-bond acceptors (Lipinski definition) is 3. The predicted molar refractivity (Wildman–Crippen MR) is 62.1 cm³/mol. The van der Waals surface area contributed by atoms with Crippen LogP contribution in [0.5, 0.6) is 11.5 Å². The number of Topliss-reactive ketones (excluding diaryl/α,β-unsaturated/α-hetero) is 1. The number of halogens is 1. The van der Waals surface area contributed by atoms with Crippen LogP contribution in [0.25, 0.3) is 10.8 Å². The number of phenols is 1. The average Bonchev–Trinajstić information content (AvgIpc) is 2.28. The van der Waals surface area contributed by atoms with Crippen LogP contribution >= 0.6 is 0 Å². The summed E-state index contributed by atoms with van der Waals surface area (Å²) in [6.07, 6.45) is 0. The van der Waals surface area contributed by atoms with Crippen molar-refractivity contribution in [3.63, 3.8) is 0 Å². The molecule has 0 atom stereocenters. The Balaban J connectivity index is 2.88. The molecule has 0 spiro atoms. The first-order valence-corrected chi connectivity index (χ1v) is 5.05. The van der Waals surface area contributed by atoms with Gasteiger partial charge in [-0.25, -0.2) is 4.39 Å². The van der Waals surface area contributed by atoms with Gasteiger partial charge in [-0.2, -0.15) is 0 Å². The molecule has 0 saturated heterocycles. The Labute approximate surface area is 97.4 Å². The Hall–Kier alpha value is -2.10. The van der Waals surface area contributed by atoms with E-state index in [0.29, 0.717) is 5.39 Å². The van der Waals surface area contributed by atoms with Crippen LogP contribution in [0.15, 0.2) is 24.3 Å². The van der Waals surface area contributed by atoms with Crippen molar-refractivity contribution in [2.45, 2.75) is 6.92 Å². The molecule has 0 radical (unpaired) electrons. The molecule has 17 heavy (non-hydrogen) atoms. The van der Waals surface area contributed by atoms with Crippen LogP contribution in [0.1, 0.15) is 17.3 Å². The first-order chi connectivity index (χ1) is 8.06. The minimum atomic E-state index is -0.535. The molecule has 0 aromatic heterocycles. The molecular weight excluding hydrogens is 223 g/mol. The summed E-state index contributed by atoms with van der Waals surface area (Å²) in [5.74, 6) is -0.877. The molecule has 2 rings (SSSR count). The highest BCUT2D eigenvalue weighted by molar-refractivity contribution is 6.09. The topological polar surface area (TPSA) is 46.5 Å². The van der Waals surface area contributed by atoms with Crippen molar-refractivity contribution in [1.82, 2.24) is 0 Å². The quantitative estimate of drug-likeness (QED) is 0.812. The lowest BCUT2D eigenvalue weighted by atomic mass is 10.00. The number of ketones is 1. The molecule has 0 aliphatic rings. The molecule has 2 aromatic carbocycles. The Morgan fingerprint density at radius 3 is 2.47 bits per heavy atom. The third kappa shape index (κ3) is 1.71. The highest BCUT2D eigenvalue weighted by Gasteiger charge is 2.15. The van der Waals surface area contributed by atoms with Gasteiger partial charge in [-0.05, 0) is 36.6 Å². The summed E-state index contributed by atoms with van der Waals surface area (Å²) in [4.78, 5) is 11.4. The van der Waals surface area contributed by atoms with Gasteiger partial charge in [0.2, 0.25) is 0 Å². The fraction of sp³-hybridized carbons (Fsp3) is 0.154. The molecule has 0 aliphatic carbocycles. The van der Waals surface area contributed by atoms with Crippen molar-refractivity contribution in [3.05, 3.63) is 35.6 Å². The van der Waals surface area contributed by atoms with Crippen LogP contribution < -0.4 is 4.74 Å². The number of aromatic hydroxyl groups is 1. The third-order valence-electron chi connectivity index (χ3n) is 2.65. The molecule has 0 saturated carbocycles. The molecule has 0 heterocycles. The predicted octanol–water partition coefficient (Wildman–Crippen LogP) is 2.90. The van der Waals surface area contributed by atoms with Crippen molar-refractivity contribution < 1.29 is 19.0 Å². The maximum absolute atomic E-state index is 13.9. The van der Waals surface area contributed by atoms with Gasteiger partial charge in [0, 0.05) is 5.39 Å². The fourth-order valence-corrected chi connectivity index (χ4v) is 1.87. The van der Waals surface area contributed by atoms with E-state index in [0.717, 1.165) is 0 Å². The summed E-state index contributed by atoms with van der Waals surface area (Å²) < 4.78 is 18.8. The van der Waals surface area contributed by atoms with Gasteiger partial charge < -0.3 is 9.84 Å². The van der Waals surface area contributed by atoms with Gasteiger partial charge in [-0.15, -0.1) is 0 Å². The van der Waals surface area contributed by atoms with Crippen LogP contribution in [0, 0.1) is 5.82 Å². The maximum atomic E-state index is 13.9. The van der Waals surface area contributed by atoms with Crippen LogP contribution in [-0.2, 0) is 0 Å². The zero-order valence-electron chi connectivity index (χ0n) is 9.45. The molecule has 0 unspecified atom stereocenters. The van der Waals surface area contributed by atoms with Crippen LogP contribution in [0.2, 0.25) is 0 Å². The molecule has 1 N–H and O–H groups in total. The molecular formula is C13H11FO3. The van der Waals surface area contributed by atoms with Crippen molar-refractivity contribution in [2.24, 2.45) is 0 Å². The second-order valence-corrected chi connectivity index (χ2v) is 3.69. The normalized spacial score (nSPS) is 10.5. The standard InChI is InChI=1S/C13H11FO3/c1-7(15)12-8-4-6-11(17-2)13(14)9(8)3-5-10(12)16/h3-6,16H,1-2H3. The summed E-state index contributed by atoms with van der Waals surface area (Å²) in [7, 11) is 1.37. The largest absolute Gasteiger partial charge is 0.507 e. The molecule has 0 fully saturated rings. The molecule has 4 heteroatoms. The second kappa shape index (κ2) is 4.05. The van der Waals surface area contributed by atoms with E-state index in [9.17, 15) is 14.3 Å². The summed E-state index contributed by atoms with van der Waals surface area (Å²) >= 11 is 0. The number of methoxy groups -OCH3 is 1. The highest BCUT2D eigenvalue weighted by Crippen LogP contribution is 2.32. The minimum Gasteiger partial charge on any atom is -0.507 e. The summed E-state index contributed by atoms with van der Waals surface area (Å²) in [5, 5.41) is 10.3. The van der Waals surface area contributed by atoms with Crippen molar-refractivity contribution in [3.8, 4) is 11.5 Å². The van der Waals surface area contributed by atoms with E-state index >= 15 is 0 Å². The van der Waals surface area contributed by atoms with Gasteiger partial charge >= 0.3 is 0 Å². The monoisotopic (exact) mass is 234 g/mol. The van der Waals surface area contributed by atoms with E-state index in [4.69, 9.17) is 4.74 Å². The maximum Gasteiger partial charge on any atom is 0.172 e. The number of benzene rings is 2. The number of hydrogen-bond donors (Lipinski definition) is 1. The lowest BCUT2D eigenvalue weighted by Gasteiger charge is -2.09. The molecule has 0 amide bonds. The summed E-state index contributed by atoms with van der Waals surface area (Å²) in [5.41, 5.74) is 0.129.